The number of nitrogens with one attached hydrogen (secondary N) is 2. The van der Waals surface area contributed by atoms with Gasteiger partial charge in [0.15, 0.2) is 6.10 Å². The molecule has 2 aromatic rings. The minimum atomic E-state index is -0.824. The average molecular weight is 324 g/mol. The first-order chi connectivity index (χ1) is 11.5. The SMILES string of the molecule is CC(C)c1ccc(NC(=O)C[C@H]2Oc3ccccc3NC2=O)cc1. The van der Waals surface area contributed by atoms with Crippen LogP contribution in [0.4, 0.5) is 11.4 Å². The van der Waals surface area contributed by atoms with Gasteiger partial charge in [-0.1, -0.05) is 38.1 Å². The molecule has 1 aliphatic rings. The fourth-order valence-corrected chi connectivity index (χ4v) is 2.56. The predicted octanol–water partition coefficient (Wildman–Crippen LogP) is 3.54. The van der Waals surface area contributed by atoms with Crippen LogP contribution in [0.25, 0.3) is 0 Å². The van der Waals surface area contributed by atoms with Gasteiger partial charge in [0.1, 0.15) is 5.75 Å². The van der Waals surface area contributed by atoms with Crippen molar-refractivity contribution in [2.75, 3.05) is 10.6 Å². The van der Waals surface area contributed by atoms with Gasteiger partial charge in [0.05, 0.1) is 12.1 Å². The van der Waals surface area contributed by atoms with Crippen LogP contribution in [0.1, 0.15) is 31.7 Å². The lowest BCUT2D eigenvalue weighted by molar-refractivity contribution is -0.128. The number of carbonyl (C=O) groups is 2. The second kappa shape index (κ2) is 6.74. The third kappa shape index (κ3) is 3.56. The van der Waals surface area contributed by atoms with E-state index < -0.39 is 6.10 Å². The predicted molar refractivity (Wildman–Crippen MR) is 93.3 cm³/mol. The number of carbonyl (C=O) groups excluding carboxylic acids is 2. The van der Waals surface area contributed by atoms with E-state index in [2.05, 4.69) is 24.5 Å². The summed E-state index contributed by atoms with van der Waals surface area (Å²) in [7, 11) is 0. The highest BCUT2D eigenvalue weighted by molar-refractivity contribution is 6.01. The highest BCUT2D eigenvalue weighted by Crippen LogP contribution is 2.29. The lowest BCUT2D eigenvalue weighted by Crippen LogP contribution is -2.39. The largest absolute Gasteiger partial charge is 0.478 e. The van der Waals surface area contributed by atoms with Crippen molar-refractivity contribution < 1.29 is 14.3 Å². The van der Waals surface area contributed by atoms with Crippen LogP contribution in [0.2, 0.25) is 0 Å². The first-order valence-corrected chi connectivity index (χ1v) is 7.99. The molecule has 0 spiro atoms. The lowest BCUT2D eigenvalue weighted by Gasteiger charge is -2.25. The average Bonchev–Trinajstić information content (AvgIpc) is 2.56. The van der Waals surface area contributed by atoms with Gasteiger partial charge >= 0.3 is 0 Å². The van der Waals surface area contributed by atoms with Crippen molar-refractivity contribution in [1.82, 2.24) is 0 Å². The zero-order valence-corrected chi connectivity index (χ0v) is 13.7. The van der Waals surface area contributed by atoms with E-state index in [1.165, 1.54) is 5.56 Å². The topological polar surface area (TPSA) is 67.4 Å². The van der Waals surface area contributed by atoms with Crippen molar-refractivity contribution >= 4 is 23.2 Å². The molecule has 2 aromatic carbocycles. The summed E-state index contributed by atoms with van der Waals surface area (Å²) in [6, 6.07) is 14.9. The second-order valence-electron chi connectivity index (χ2n) is 6.12. The molecule has 124 valence electrons. The van der Waals surface area contributed by atoms with E-state index in [4.69, 9.17) is 4.74 Å². The van der Waals surface area contributed by atoms with Crippen molar-refractivity contribution in [1.29, 1.82) is 0 Å². The summed E-state index contributed by atoms with van der Waals surface area (Å²) < 4.78 is 5.63. The van der Waals surface area contributed by atoms with Crippen LogP contribution < -0.4 is 15.4 Å². The molecule has 0 radical (unpaired) electrons. The van der Waals surface area contributed by atoms with E-state index in [0.29, 0.717) is 23.0 Å². The molecule has 24 heavy (non-hydrogen) atoms. The van der Waals surface area contributed by atoms with E-state index in [0.717, 1.165) is 0 Å². The van der Waals surface area contributed by atoms with Crippen LogP contribution >= 0.6 is 0 Å². The Balaban J connectivity index is 1.62. The third-order valence-corrected chi connectivity index (χ3v) is 3.94. The number of benzene rings is 2. The molecule has 3 rings (SSSR count). The summed E-state index contributed by atoms with van der Waals surface area (Å²) >= 11 is 0. The summed E-state index contributed by atoms with van der Waals surface area (Å²) in [5, 5.41) is 5.56. The number of fused-ring (bicyclic) bond motifs is 1. The molecular formula is C19H20N2O3. The van der Waals surface area contributed by atoms with Gasteiger partial charge in [0.25, 0.3) is 5.91 Å². The Hall–Kier alpha value is -2.82. The van der Waals surface area contributed by atoms with Gasteiger partial charge in [-0.2, -0.15) is 0 Å². The number of ether oxygens (including phenoxy) is 1. The van der Waals surface area contributed by atoms with Gasteiger partial charge < -0.3 is 15.4 Å². The van der Waals surface area contributed by atoms with Gasteiger partial charge in [-0.05, 0) is 35.7 Å². The van der Waals surface area contributed by atoms with Gasteiger partial charge in [-0.3, -0.25) is 9.59 Å². The minimum absolute atomic E-state index is 0.0356. The van der Waals surface area contributed by atoms with E-state index in [9.17, 15) is 9.59 Å². The third-order valence-electron chi connectivity index (χ3n) is 3.94. The standard InChI is InChI=1S/C19H20N2O3/c1-12(2)13-7-9-14(10-8-13)20-18(22)11-17-19(23)21-15-5-3-4-6-16(15)24-17/h3-10,12,17H,11H2,1-2H3,(H,20,22)(H,21,23)/t17-/m1/s1. The van der Waals surface area contributed by atoms with Crippen LogP contribution in [-0.4, -0.2) is 17.9 Å². The molecule has 0 aliphatic carbocycles. The quantitative estimate of drug-likeness (QED) is 0.904. The highest BCUT2D eigenvalue weighted by atomic mass is 16.5. The van der Waals surface area contributed by atoms with Crippen LogP contribution in [0.3, 0.4) is 0 Å². The zero-order valence-electron chi connectivity index (χ0n) is 13.7. The maximum atomic E-state index is 12.2. The number of amides is 2. The molecule has 0 saturated carbocycles. The molecule has 1 atom stereocenters. The lowest BCUT2D eigenvalue weighted by atomic mass is 10.0. The zero-order chi connectivity index (χ0) is 17.1. The molecule has 0 bridgehead atoms. The van der Waals surface area contributed by atoms with Crippen LogP contribution in [-0.2, 0) is 9.59 Å². The Kier molecular flexibility index (Phi) is 4.51. The molecule has 1 aliphatic heterocycles. The van der Waals surface area contributed by atoms with E-state index >= 15 is 0 Å². The molecule has 0 unspecified atom stereocenters. The highest BCUT2D eigenvalue weighted by Gasteiger charge is 2.29. The minimum Gasteiger partial charge on any atom is -0.478 e. The monoisotopic (exact) mass is 324 g/mol. The number of anilines is 2. The Morgan fingerprint density at radius 2 is 1.88 bits per heavy atom. The number of hydrogen-bond donors (Lipinski definition) is 2. The van der Waals surface area contributed by atoms with Crippen LogP contribution in [0.5, 0.6) is 5.75 Å². The molecular weight excluding hydrogens is 304 g/mol. The molecule has 0 aromatic heterocycles. The maximum absolute atomic E-state index is 12.2. The van der Waals surface area contributed by atoms with Crippen molar-refractivity contribution in [2.24, 2.45) is 0 Å². The Labute approximate surface area is 141 Å². The summed E-state index contributed by atoms with van der Waals surface area (Å²) in [4.78, 5) is 24.2. The molecule has 5 nitrogen and oxygen atoms in total. The Morgan fingerprint density at radius 1 is 1.17 bits per heavy atom. The van der Waals surface area contributed by atoms with Crippen molar-refractivity contribution in [2.45, 2.75) is 32.3 Å². The van der Waals surface area contributed by atoms with Crippen LogP contribution in [0.15, 0.2) is 48.5 Å². The second-order valence-corrected chi connectivity index (χ2v) is 6.12. The smallest absolute Gasteiger partial charge is 0.266 e. The van der Waals surface area contributed by atoms with E-state index in [1.54, 1.807) is 12.1 Å². The summed E-state index contributed by atoms with van der Waals surface area (Å²) in [6.07, 6.45) is -0.860. The summed E-state index contributed by atoms with van der Waals surface area (Å²) in [6.45, 7) is 4.23. The fraction of sp³-hybridized carbons (Fsp3) is 0.263. The molecule has 0 fully saturated rings. The van der Waals surface area contributed by atoms with Crippen molar-refractivity contribution in [3.63, 3.8) is 0 Å². The van der Waals surface area contributed by atoms with Crippen LogP contribution in [0, 0.1) is 0 Å². The van der Waals surface area contributed by atoms with E-state index in [1.807, 2.05) is 36.4 Å². The summed E-state index contributed by atoms with van der Waals surface area (Å²) in [5.41, 5.74) is 2.55. The molecule has 0 saturated heterocycles. The number of para-hydroxylation sites is 2. The molecule has 1 heterocycles. The number of rotatable bonds is 4. The van der Waals surface area contributed by atoms with Gasteiger partial charge in [0, 0.05) is 5.69 Å². The fourth-order valence-electron chi connectivity index (χ4n) is 2.56. The maximum Gasteiger partial charge on any atom is 0.266 e. The molecule has 2 amide bonds. The Morgan fingerprint density at radius 3 is 2.58 bits per heavy atom. The van der Waals surface area contributed by atoms with Gasteiger partial charge in [-0.25, -0.2) is 0 Å². The van der Waals surface area contributed by atoms with E-state index in [-0.39, 0.29) is 18.2 Å². The molecule has 2 N–H and O–H groups in total. The summed E-state index contributed by atoms with van der Waals surface area (Å²) in [5.74, 6) is 0.455. The first kappa shape index (κ1) is 16.1. The van der Waals surface area contributed by atoms with Crippen molar-refractivity contribution in [3.05, 3.63) is 54.1 Å². The normalized spacial score (nSPS) is 16.1. The van der Waals surface area contributed by atoms with Crippen molar-refractivity contribution in [3.8, 4) is 5.75 Å². The number of hydrogen-bond acceptors (Lipinski definition) is 3. The van der Waals surface area contributed by atoms with Gasteiger partial charge in [0.2, 0.25) is 5.91 Å². The van der Waals surface area contributed by atoms with Gasteiger partial charge in [-0.15, -0.1) is 0 Å². The first-order valence-electron chi connectivity index (χ1n) is 7.99. The Bertz CT molecular complexity index is 753. The molecule has 5 heteroatoms.